The molecule has 12 heteroatoms. The van der Waals surface area contributed by atoms with Gasteiger partial charge in [-0.15, -0.1) is 0 Å². The van der Waals surface area contributed by atoms with E-state index < -0.39 is 34.4 Å². The van der Waals surface area contributed by atoms with Crippen LogP contribution in [0.3, 0.4) is 0 Å². The van der Waals surface area contributed by atoms with Gasteiger partial charge in [-0.25, -0.2) is 8.42 Å². The van der Waals surface area contributed by atoms with Crippen molar-refractivity contribution in [3.05, 3.63) is 81.8 Å². The fourth-order valence-electron chi connectivity index (χ4n) is 4.25. The Balaban J connectivity index is 2.12. The highest BCUT2D eigenvalue weighted by Crippen LogP contribution is 2.34. The summed E-state index contributed by atoms with van der Waals surface area (Å²) in [7, 11) is -1.37. The zero-order valence-corrected chi connectivity index (χ0v) is 27.4. The molecular formula is C31H37Cl2N3O6S. The van der Waals surface area contributed by atoms with Gasteiger partial charge in [0.2, 0.25) is 11.8 Å². The van der Waals surface area contributed by atoms with Gasteiger partial charge in [0.25, 0.3) is 10.0 Å². The summed E-state index contributed by atoms with van der Waals surface area (Å²) in [5.41, 5.74) is 1.47. The van der Waals surface area contributed by atoms with Gasteiger partial charge in [0.15, 0.2) is 11.5 Å². The average molecular weight is 651 g/mol. The molecule has 3 aromatic rings. The molecule has 2 atom stereocenters. The highest BCUT2D eigenvalue weighted by Gasteiger charge is 2.33. The standard InChI is InChI=1S/C31H37Cl2N3O6S/c1-7-21(3)34-31(38)22(4)35(18-25-26(32)9-8-10-27(25)33)30(37)19-36(23-13-16-28(41-5)29(17-23)42-6)43(39,40)24-14-11-20(2)12-15-24/h8-17,21-22H,7,18-19H2,1-6H3,(H,34,38)/t21-,22-/m1/s1. The molecule has 0 aliphatic carbocycles. The van der Waals surface area contributed by atoms with E-state index >= 15 is 0 Å². The Labute approximate surface area is 263 Å². The molecule has 1 N–H and O–H groups in total. The lowest BCUT2D eigenvalue weighted by Gasteiger charge is -2.33. The van der Waals surface area contributed by atoms with Gasteiger partial charge in [-0.2, -0.15) is 0 Å². The van der Waals surface area contributed by atoms with Crippen LogP contribution in [-0.4, -0.2) is 58.0 Å². The van der Waals surface area contributed by atoms with Crippen molar-refractivity contribution in [2.24, 2.45) is 0 Å². The molecule has 43 heavy (non-hydrogen) atoms. The van der Waals surface area contributed by atoms with Crippen LogP contribution in [0.4, 0.5) is 5.69 Å². The summed E-state index contributed by atoms with van der Waals surface area (Å²) in [4.78, 5) is 28.7. The summed E-state index contributed by atoms with van der Waals surface area (Å²) < 4.78 is 39.9. The third-order valence-corrected chi connectivity index (χ3v) is 9.60. The Hall–Kier alpha value is -3.47. The maximum absolute atomic E-state index is 14.2. The Morgan fingerprint density at radius 2 is 1.53 bits per heavy atom. The van der Waals surface area contributed by atoms with Crippen molar-refractivity contribution in [2.75, 3.05) is 25.1 Å². The summed E-state index contributed by atoms with van der Waals surface area (Å²) in [6, 6.07) is 14.7. The van der Waals surface area contributed by atoms with Gasteiger partial charge < -0.3 is 19.7 Å². The second-order valence-electron chi connectivity index (χ2n) is 10.1. The van der Waals surface area contributed by atoms with E-state index in [4.69, 9.17) is 32.7 Å². The fourth-order valence-corrected chi connectivity index (χ4v) is 6.17. The first kappa shape index (κ1) is 34.0. The van der Waals surface area contributed by atoms with Crippen LogP contribution in [0, 0.1) is 6.92 Å². The van der Waals surface area contributed by atoms with Crippen molar-refractivity contribution in [3.8, 4) is 11.5 Å². The molecule has 0 aromatic heterocycles. The largest absolute Gasteiger partial charge is 0.493 e. The SMILES string of the molecule is CC[C@@H](C)NC(=O)[C@@H](C)N(Cc1c(Cl)cccc1Cl)C(=O)CN(c1ccc(OC)c(OC)c1)S(=O)(=O)c1ccc(C)cc1. The first-order chi connectivity index (χ1) is 20.3. The van der Waals surface area contributed by atoms with Gasteiger partial charge in [-0.1, -0.05) is 53.9 Å². The number of nitrogens with zero attached hydrogens (tertiary/aromatic N) is 2. The number of ether oxygens (including phenoxy) is 2. The van der Waals surface area contributed by atoms with Gasteiger partial charge in [-0.05, 0) is 63.6 Å². The number of benzene rings is 3. The van der Waals surface area contributed by atoms with Crippen molar-refractivity contribution < 1.29 is 27.5 Å². The summed E-state index contributed by atoms with van der Waals surface area (Å²) in [5, 5.41) is 3.51. The lowest BCUT2D eigenvalue weighted by molar-refractivity contribution is -0.139. The number of sulfonamides is 1. The normalized spacial score (nSPS) is 12.7. The number of amides is 2. The van der Waals surface area contributed by atoms with Crippen molar-refractivity contribution in [1.82, 2.24) is 10.2 Å². The Morgan fingerprint density at radius 1 is 0.930 bits per heavy atom. The van der Waals surface area contributed by atoms with E-state index in [1.165, 1.54) is 43.4 Å². The summed E-state index contributed by atoms with van der Waals surface area (Å²) in [6.07, 6.45) is 0.685. The lowest BCUT2D eigenvalue weighted by atomic mass is 10.1. The predicted octanol–water partition coefficient (Wildman–Crippen LogP) is 5.85. The molecule has 3 rings (SSSR count). The Morgan fingerprint density at radius 3 is 2.09 bits per heavy atom. The molecule has 0 aliphatic heterocycles. The van der Waals surface area contributed by atoms with E-state index in [2.05, 4.69) is 5.32 Å². The maximum Gasteiger partial charge on any atom is 0.264 e. The van der Waals surface area contributed by atoms with Gasteiger partial charge in [0, 0.05) is 34.3 Å². The van der Waals surface area contributed by atoms with Crippen LogP contribution in [0.15, 0.2) is 65.6 Å². The number of hydrogen-bond donors (Lipinski definition) is 1. The van der Waals surface area contributed by atoms with E-state index in [9.17, 15) is 18.0 Å². The zero-order valence-electron chi connectivity index (χ0n) is 25.1. The molecule has 0 aliphatic rings. The number of methoxy groups -OCH3 is 2. The first-order valence-corrected chi connectivity index (χ1v) is 15.9. The molecule has 2 amide bonds. The second kappa shape index (κ2) is 14.8. The number of rotatable bonds is 13. The molecule has 0 radical (unpaired) electrons. The van der Waals surface area contributed by atoms with Gasteiger partial charge in [-0.3, -0.25) is 13.9 Å². The zero-order chi connectivity index (χ0) is 31.9. The minimum atomic E-state index is -4.27. The maximum atomic E-state index is 14.2. The molecule has 0 spiro atoms. The highest BCUT2D eigenvalue weighted by molar-refractivity contribution is 7.92. The minimum absolute atomic E-state index is 0.0102. The molecule has 9 nitrogen and oxygen atoms in total. The molecule has 0 bridgehead atoms. The van der Waals surface area contributed by atoms with Gasteiger partial charge in [0.05, 0.1) is 24.8 Å². The Kier molecular flexibility index (Phi) is 11.7. The number of hydrogen-bond acceptors (Lipinski definition) is 6. The molecule has 3 aromatic carbocycles. The van der Waals surface area contributed by atoms with Crippen LogP contribution in [-0.2, 0) is 26.2 Å². The van der Waals surface area contributed by atoms with Gasteiger partial charge >= 0.3 is 0 Å². The second-order valence-corrected chi connectivity index (χ2v) is 12.8. The number of carbonyl (C=O) groups is 2. The van der Waals surface area contributed by atoms with Crippen molar-refractivity contribution >= 4 is 50.7 Å². The summed E-state index contributed by atoms with van der Waals surface area (Å²) in [5.74, 6) is -0.383. The van der Waals surface area contributed by atoms with Crippen molar-refractivity contribution in [1.29, 1.82) is 0 Å². The molecule has 0 unspecified atom stereocenters. The molecule has 0 saturated heterocycles. The molecule has 0 saturated carbocycles. The monoisotopic (exact) mass is 649 g/mol. The van der Waals surface area contributed by atoms with E-state index in [-0.39, 0.29) is 28.9 Å². The third kappa shape index (κ3) is 8.13. The lowest BCUT2D eigenvalue weighted by Crippen LogP contribution is -2.52. The van der Waals surface area contributed by atoms with Crippen molar-refractivity contribution in [3.63, 3.8) is 0 Å². The topological polar surface area (TPSA) is 105 Å². The highest BCUT2D eigenvalue weighted by atomic mass is 35.5. The van der Waals surface area contributed by atoms with Crippen LogP contribution in [0.2, 0.25) is 10.0 Å². The molecular weight excluding hydrogens is 613 g/mol. The predicted molar refractivity (Wildman–Crippen MR) is 170 cm³/mol. The van der Waals surface area contributed by atoms with E-state index in [1.807, 2.05) is 20.8 Å². The van der Waals surface area contributed by atoms with Gasteiger partial charge in [0.1, 0.15) is 12.6 Å². The number of halogens is 2. The summed E-state index contributed by atoms with van der Waals surface area (Å²) >= 11 is 12.9. The van der Waals surface area contributed by atoms with Crippen molar-refractivity contribution in [2.45, 2.75) is 57.6 Å². The van der Waals surface area contributed by atoms with Crippen LogP contribution in [0.5, 0.6) is 11.5 Å². The number of carbonyl (C=O) groups excluding carboxylic acids is 2. The minimum Gasteiger partial charge on any atom is -0.493 e. The first-order valence-electron chi connectivity index (χ1n) is 13.7. The third-order valence-electron chi connectivity index (χ3n) is 7.10. The fraction of sp³-hybridized carbons (Fsp3) is 0.355. The quantitative estimate of drug-likeness (QED) is 0.249. The summed E-state index contributed by atoms with van der Waals surface area (Å²) in [6.45, 7) is 6.45. The number of anilines is 1. The van der Waals surface area contributed by atoms with Crippen LogP contribution in [0.25, 0.3) is 0 Å². The van der Waals surface area contributed by atoms with Crippen LogP contribution >= 0.6 is 23.2 Å². The van der Waals surface area contributed by atoms with E-state index in [0.717, 1.165) is 9.87 Å². The average Bonchev–Trinajstić information content (AvgIpc) is 2.98. The van der Waals surface area contributed by atoms with Crippen LogP contribution in [0.1, 0.15) is 38.3 Å². The van der Waals surface area contributed by atoms with Crippen LogP contribution < -0.4 is 19.1 Å². The smallest absolute Gasteiger partial charge is 0.264 e. The molecule has 0 heterocycles. The number of nitrogens with one attached hydrogen (secondary N) is 1. The van der Waals surface area contributed by atoms with E-state index in [1.54, 1.807) is 43.3 Å². The molecule has 0 fully saturated rings. The molecule has 232 valence electrons. The van der Waals surface area contributed by atoms with E-state index in [0.29, 0.717) is 27.8 Å². The number of aryl methyl sites for hydroxylation is 1. The Bertz CT molecular complexity index is 1530.